The second-order valence-corrected chi connectivity index (χ2v) is 3.66. The average Bonchev–Trinajstić information content (AvgIpc) is 2.22. The van der Waals surface area contributed by atoms with E-state index in [0.29, 0.717) is 5.69 Å². The maximum atomic E-state index is 11.3. The number of carbonyl (C=O) groups is 1. The van der Waals surface area contributed by atoms with Gasteiger partial charge in [0, 0.05) is 12.7 Å². The molecule has 2 amide bonds. The fraction of sp³-hybridized carbons (Fsp3) is 0.333. The van der Waals surface area contributed by atoms with E-state index >= 15 is 0 Å². The molecule has 5 nitrogen and oxygen atoms in total. The van der Waals surface area contributed by atoms with Gasteiger partial charge in [-0.05, 0) is 28.9 Å². The van der Waals surface area contributed by atoms with E-state index in [1.54, 1.807) is 12.3 Å². The fourth-order valence-electron chi connectivity index (χ4n) is 0.981. The first kappa shape index (κ1) is 11.9. The standard InChI is InChI=1S/C9H12BrN3O2/c1-6-8(10)7(2-3-11-6)13-9(15)12-4-5-14/h2-3,14H,4-5H2,1H3,(H2,11,12,13,15). The molecule has 0 fully saturated rings. The van der Waals surface area contributed by atoms with Crippen LogP contribution in [0.5, 0.6) is 0 Å². The molecule has 0 aliphatic rings. The summed E-state index contributed by atoms with van der Waals surface area (Å²) in [5.74, 6) is 0. The van der Waals surface area contributed by atoms with Gasteiger partial charge < -0.3 is 15.7 Å². The van der Waals surface area contributed by atoms with Crippen molar-refractivity contribution in [3.8, 4) is 0 Å². The van der Waals surface area contributed by atoms with E-state index in [9.17, 15) is 4.79 Å². The number of hydrogen-bond donors (Lipinski definition) is 3. The van der Waals surface area contributed by atoms with Gasteiger partial charge in [0.15, 0.2) is 0 Å². The monoisotopic (exact) mass is 273 g/mol. The third-order valence-electron chi connectivity index (χ3n) is 1.71. The van der Waals surface area contributed by atoms with Crippen molar-refractivity contribution in [2.75, 3.05) is 18.5 Å². The molecule has 82 valence electrons. The van der Waals surface area contributed by atoms with Crippen LogP contribution >= 0.6 is 15.9 Å². The number of aliphatic hydroxyl groups is 1. The van der Waals surface area contributed by atoms with E-state index in [2.05, 4.69) is 31.5 Å². The van der Waals surface area contributed by atoms with E-state index in [4.69, 9.17) is 5.11 Å². The minimum absolute atomic E-state index is 0.0794. The minimum atomic E-state index is -0.352. The zero-order chi connectivity index (χ0) is 11.3. The summed E-state index contributed by atoms with van der Waals surface area (Å²) in [6, 6.07) is 1.34. The molecule has 0 saturated carbocycles. The molecule has 0 aromatic carbocycles. The van der Waals surface area contributed by atoms with E-state index in [1.807, 2.05) is 6.92 Å². The molecule has 0 radical (unpaired) electrons. The predicted octanol–water partition coefficient (Wildman–Crippen LogP) is 1.27. The van der Waals surface area contributed by atoms with Gasteiger partial charge in [-0.2, -0.15) is 0 Å². The van der Waals surface area contributed by atoms with Crippen molar-refractivity contribution in [2.24, 2.45) is 0 Å². The fourth-order valence-corrected chi connectivity index (χ4v) is 1.31. The number of nitrogens with zero attached hydrogens (tertiary/aromatic N) is 1. The van der Waals surface area contributed by atoms with Crippen LogP contribution in [0.3, 0.4) is 0 Å². The maximum absolute atomic E-state index is 11.3. The number of urea groups is 1. The summed E-state index contributed by atoms with van der Waals surface area (Å²) in [5.41, 5.74) is 1.45. The van der Waals surface area contributed by atoms with Gasteiger partial charge >= 0.3 is 6.03 Å². The van der Waals surface area contributed by atoms with Crippen LogP contribution in [0, 0.1) is 6.92 Å². The first-order valence-electron chi connectivity index (χ1n) is 4.42. The summed E-state index contributed by atoms with van der Waals surface area (Å²) in [6.45, 7) is 1.98. The Bertz CT molecular complexity index is 357. The van der Waals surface area contributed by atoms with Crippen molar-refractivity contribution >= 4 is 27.6 Å². The molecule has 1 rings (SSSR count). The first-order chi connectivity index (χ1) is 7.15. The zero-order valence-electron chi connectivity index (χ0n) is 8.25. The molecule has 0 aliphatic heterocycles. The third-order valence-corrected chi connectivity index (χ3v) is 2.71. The van der Waals surface area contributed by atoms with Gasteiger partial charge in [-0.25, -0.2) is 4.79 Å². The average molecular weight is 274 g/mol. The van der Waals surface area contributed by atoms with Gasteiger partial charge in [0.25, 0.3) is 0 Å². The molecule has 0 unspecified atom stereocenters. The zero-order valence-corrected chi connectivity index (χ0v) is 9.84. The van der Waals surface area contributed by atoms with E-state index in [0.717, 1.165) is 10.2 Å². The molecule has 0 bridgehead atoms. The molecule has 15 heavy (non-hydrogen) atoms. The van der Waals surface area contributed by atoms with Crippen LogP contribution < -0.4 is 10.6 Å². The highest BCUT2D eigenvalue weighted by Crippen LogP contribution is 2.23. The first-order valence-corrected chi connectivity index (χ1v) is 5.21. The summed E-state index contributed by atoms with van der Waals surface area (Å²) in [7, 11) is 0. The number of hydrogen-bond acceptors (Lipinski definition) is 3. The molecule has 3 N–H and O–H groups in total. The van der Waals surface area contributed by atoms with Gasteiger partial charge in [0.05, 0.1) is 22.5 Å². The molecule has 0 aliphatic carbocycles. The number of anilines is 1. The summed E-state index contributed by atoms with van der Waals surface area (Å²) in [6.07, 6.45) is 1.61. The highest BCUT2D eigenvalue weighted by Gasteiger charge is 2.06. The van der Waals surface area contributed by atoms with Crippen LogP contribution in [0.4, 0.5) is 10.5 Å². The summed E-state index contributed by atoms with van der Waals surface area (Å²) < 4.78 is 0.754. The SMILES string of the molecule is Cc1nccc(NC(=O)NCCO)c1Br. The number of carbonyl (C=O) groups excluding carboxylic acids is 1. The van der Waals surface area contributed by atoms with Crippen LogP contribution in [0.25, 0.3) is 0 Å². The molecular weight excluding hydrogens is 262 g/mol. The molecule has 1 aromatic heterocycles. The maximum Gasteiger partial charge on any atom is 0.319 e. The largest absolute Gasteiger partial charge is 0.395 e. The van der Waals surface area contributed by atoms with Gasteiger partial charge in [-0.1, -0.05) is 0 Å². The predicted molar refractivity (Wildman–Crippen MR) is 60.8 cm³/mol. The van der Waals surface area contributed by atoms with Crippen LogP contribution in [0.15, 0.2) is 16.7 Å². The smallest absolute Gasteiger partial charge is 0.319 e. The second kappa shape index (κ2) is 5.67. The Morgan fingerprint density at radius 1 is 1.67 bits per heavy atom. The number of aryl methyl sites for hydroxylation is 1. The van der Waals surface area contributed by atoms with Crippen molar-refractivity contribution in [1.29, 1.82) is 0 Å². The minimum Gasteiger partial charge on any atom is -0.395 e. The van der Waals surface area contributed by atoms with Crippen molar-refractivity contribution in [1.82, 2.24) is 10.3 Å². The number of aromatic nitrogens is 1. The second-order valence-electron chi connectivity index (χ2n) is 2.86. The normalized spacial score (nSPS) is 9.80. The molecule has 0 spiro atoms. The number of nitrogens with one attached hydrogen (secondary N) is 2. The van der Waals surface area contributed by atoms with Crippen LogP contribution in [-0.4, -0.2) is 29.3 Å². The molecule has 0 atom stereocenters. The number of halogens is 1. The highest BCUT2D eigenvalue weighted by atomic mass is 79.9. The van der Waals surface area contributed by atoms with Gasteiger partial charge in [-0.3, -0.25) is 4.98 Å². The van der Waals surface area contributed by atoms with Gasteiger partial charge in [0.2, 0.25) is 0 Å². The van der Waals surface area contributed by atoms with Crippen LogP contribution in [-0.2, 0) is 0 Å². The highest BCUT2D eigenvalue weighted by molar-refractivity contribution is 9.10. The van der Waals surface area contributed by atoms with Crippen molar-refractivity contribution in [3.05, 3.63) is 22.4 Å². The number of amides is 2. The molecule has 1 heterocycles. The van der Waals surface area contributed by atoms with Crippen molar-refractivity contribution in [2.45, 2.75) is 6.92 Å². The van der Waals surface area contributed by atoms with E-state index < -0.39 is 0 Å². The van der Waals surface area contributed by atoms with Crippen molar-refractivity contribution < 1.29 is 9.90 Å². The Labute approximate surface area is 96.0 Å². The topological polar surface area (TPSA) is 74.2 Å². The van der Waals surface area contributed by atoms with Gasteiger partial charge in [0.1, 0.15) is 0 Å². The lowest BCUT2D eigenvalue weighted by molar-refractivity contribution is 0.245. The molecule has 0 saturated heterocycles. The Kier molecular flexibility index (Phi) is 4.51. The van der Waals surface area contributed by atoms with E-state index in [-0.39, 0.29) is 19.2 Å². The molecular formula is C9H12BrN3O2. The Morgan fingerprint density at radius 2 is 2.40 bits per heavy atom. The lowest BCUT2D eigenvalue weighted by Gasteiger charge is -2.08. The Balaban J connectivity index is 2.64. The number of aliphatic hydroxyl groups excluding tert-OH is 1. The van der Waals surface area contributed by atoms with Gasteiger partial charge in [-0.15, -0.1) is 0 Å². The summed E-state index contributed by atoms with van der Waals surface area (Å²) in [5, 5.41) is 13.6. The summed E-state index contributed by atoms with van der Waals surface area (Å²) >= 11 is 3.32. The molecule has 6 heteroatoms. The number of pyridine rings is 1. The van der Waals surface area contributed by atoms with Crippen LogP contribution in [0.2, 0.25) is 0 Å². The Hall–Kier alpha value is -1.14. The van der Waals surface area contributed by atoms with Crippen LogP contribution in [0.1, 0.15) is 5.69 Å². The lowest BCUT2D eigenvalue weighted by atomic mass is 10.3. The van der Waals surface area contributed by atoms with E-state index in [1.165, 1.54) is 0 Å². The Morgan fingerprint density at radius 3 is 3.07 bits per heavy atom. The quantitative estimate of drug-likeness (QED) is 0.777. The lowest BCUT2D eigenvalue weighted by Crippen LogP contribution is -2.31. The number of rotatable bonds is 3. The van der Waals surface area contributed by atoms with Crippen molar-refractivity contribution in [3.63, 3.8) is 0 Å². The molecule has 1 aromatic rings. The third kappa shape index (κ3) is 3.49. The summed E-state index contributed by atoms with van der Waals surface area (Å²) in [4.78, 5) is 15.3.